The average molecular weight is 159 g/mol. The topological polar surface area (TPSA) is 0 Å². The normalized spacial score (nSPS) is 9.60. The molecule has 0 aromatic carbocycles. The molecule has 0 fully saturated rings. The molecule has 0 amide bonds. The van der Waals surface area contributed by atoms with Gasteiger partial charge in [-0.05, 0) is 0 Å². The highest BCUT2D eigenvalue weighted by molar-refractivity contribution is 9.23. The maximum absolute atomic E-state index is 10.7. The van der Waals surface area contributed by atoms with Gasteiger partial charge >= 0.3 is 0 Å². The Kier molecular flexibility index (Phi) is 3.09. The molecule has 0 aromatic rings. The predicted octanol–water partition coefficient (Wildman–Crippen LogP) is 1.22. The van der Waals surface area contributed by atoms with Crippen LogP contribution in [0, 0.1) is 0 Å². The fourth-order valence-corrected chi connectivity index (χ4v) is 0. The molecule has 0 atom stereocenters. The lowest BCUT2D eigenvalue weighted by molar-refractivity contribution is 0.241. The molecule has 0 aliphatic carbocycles. The Morgan fingerprint density at radius 2 is 1.80 bits per heavy atom. The molecule has 0 bridgehead atoms. The van der Waals surface area contributed by atoms with Crippen LogP contribution in [0.1, 0.15) is 0 Å². The van der Waals surface area contributed by atoms with Crippen molar-refractivity contribution in [1.82, 2.24) is 0 Å². The molecule has 0 aliphatic rings. The Hall–Kier alpha value is 0.557. The number of rotatable bonds is 1. The average Bonchev–Trinajstić information content (AvgIpc) is 1.38. The zero-order chi connectivity index (χ0) is 4.28. The van der Waals surface area contributed by atoms with Crippen molar-refractivity contribution in [2.75, 3.05) is 0 Å². The molecule has 5 heavy (non-hydrogen) atoms. The second-order valence-electron chi connectivity index (χ2n) is 0.410. The van der Waals surface area contributed by atoms with Crippen molar-refractivity contribution in [3.05, 3.63) is 0 Å². The molecule has 30 valence electrons. The Labute approximate surface area is 39.0 Å². The van der Waals surface area contributed by atoms with Gasteiger partial charge in [-0.2, -0.15) is 0 Å². The van der Waals surface area contributed by atoms with Crippen molar-refractivity contribution in [3.63, 3.8) is 0 Å². The van der Waals surface area contributed by atoms with E-state index in [0.717, 1.165) is 0 Å². The third kappa shape index (κ3) is 4.56. The van der Waals surface area contributed by atoms with E-state index in [4.69, 9.17) is 0 Å². The van der Waals surface area contributed by atoms with Crippen LogP contribution in [0.3, 0.4) is 0 Å². The predicted molar refractivity (Wildman–Crippen MR) is 20.7 cm³/mol. The Bertz CT molecular complexity index is 23.6. The van der Waals surface area contributed by atoms with Crippen LogP contribution >= 0.6 is 15.3 Å². The van der Waals surface area contributed by atoms with Crippen LogP contribution in [0.4, 0.5) is 8.78 Å². The zero-order valence-corrected chi connectivity index (χ0v) is 4.80. The van der Waals surface area contributed by atoms with Crippen molar-refractivity contribution < 1.29 is 8.78 Å². The van der Waals surface area contributed by atoms with E-state index in [-0.39, 0.29) is 0 Å². The van der Waals surface area contributed by atoms with Crippen LogP contribution in [-0.4, -0.2) is 14.2 Å². The second-order valence-corrected chi connectivity index (χ2v) is 2.44. The van der Waals surface area contributed by atoms with Gasteiger partial charge in [0, 0.05) is 0 Å². The van der Waals surface area contributed by atoms with Crippen LogP contribution in [0.5, 0.6) is 0 Å². The fraction of sp³-hybridized carbons (Fsp3) is 1.00. The van der Waals surface area contributed by atoms with Crippen LogP contribution in [0.15, 0.2) is 0 Å². The SMILES string of the molecule is FC(F)[Si]Br. The summed E-state index contributed by atoms with van der Waals surface area (Å²) >= 11 is 2.59. The van der Waals surface area contributed by atoms with E-state index in [1.165, 1.54) is 0 Å². The van der Waals surface area contributed by atoms with E-state index < -0.39 is 14.2 Å². The first-order valence-electron chi connectivity index (χ1n) is 0.914. The minimum Gasteiger partial charge on any atom is -0.215 e. The van der Waals surface area contributed by atoms with Gasteiger partial charge in [0.1, 0.15) is 0 Å². The van der Waals surface area contributed by atoms with Gasteiger partial charge in [0.05, 0.1) is 0 Å². The van der Waals surface area contributed by atoms with Crippen molar-refractivity contribution in [2.24, 2.45) is 0 Å². The zero-order valence-electron chi connectivity index (χ0n) is 2.21. The molecule has 0 aliphatic heterocycles. The molecular formula is CHBrF2Si. The first-order chi connectivity index (χ1) is 2.27. The molecule has 0 nitrogen and oxygen atoms in total. The van der Waals surface area contributed by atoms with Crippen molar-refractivity contribution in [1.29, 1.82) is 0 Å². The van der Waals surface area contributed by atoms with Gasteiger partial charge in [-0.25, -0.2) is 8.78 Å². The second kappa shape index (κ2) is 2.78. The van der Waals surface area contributed by atoms with Gasteiger partial charge in [-0.3, -0.25) is 0 Å². The summed E-state index contributed by atoms with van der Waals surface area (Å²) in [6.45, 7) is 0. The van der Waals surface area contributed by atoms with Gasteiger partial charge in [0.2, 0.25) is 14.2 Å². The van der Waals surface area contributed by atoms with Gasteiger partial charge in [0.15, 0.2) is 0 Å². The number of alkyl halides is 2. The standard InChI is InChI=1S/CHBrF2Si/c2-5-1(3)4/h1H. The maximum atomic E-state index is 10.7. The van der Waals surface area contributed by atoms with Crippen molar-refractivity contribution in [2.45, 2.75) is 6.05 Å². The van der Waals surface area contributed by atoms with Crippen molar-refractivity contribution in [3.8, 4) is 0 Å². The lowest BCUT2D eigenvalue weighted by Crippen LogP contribution is -1.91. The van der Waals surface area contributed by atoms with E-state index in [2.05, 4.69) is 15.3 Å². The summed E-state index contributed by atoms with van der Waals surface area (Å²) in [5.74, 6) is 0. The Morgan fingerprint density at radius 1 is 1.60 bits per heavy atom. The third-order valence-corrected chi connectivity index (χ3v) is 1.29. The van der Waals surface area contributed by atoms with E-state index in [1.54, 1.807) is 0 Å². The minimum absolute atomic E-state index is 0.407. The third-order valence-electron chi connectivity index (χ3n) is 0.0825. The highest BCUT2D eigenvalue weighted by Gasteiger charge is 1.96. The van der Waals surface area contributed by atoms with E-state index >= 15 is 0 Å². The maximum Gasteiger partial charge on any atom is 0.229 e. The molecule has 4 heteroatoms. The first kappa shape index (κ1) is 5.56. The largest absolute Gasteiger partial charge is 0.229 e. The fourth-order valence-electron chi connectivity index (χ4n) is 0. The molecule has 0 heterocycles. The van der Waals surface area contributed by atoms with Crippen LogP contribution in [-0.2, 0) is 0 Å². The van der Waals surface area contributed by atoms with Gasteiger partial charge in [-0.1, -0.05) is 0 Å². The van der Waals surface area contributed by atoms with Crippen LogP contribution in [0.25, 0.3) is 0 Å². The highest BCUT2D eigenvalue weighted by Crippen LogP contribution is 1.90. The minimum atomic E-state index is -2.17. The number of hydrogen-bond donors (Lipinski definition) is 0. The Balaban J connectivity index is 2.54. The molecule has 0 saturated carbocycles. The molecule has 2 radical (unpaired) electrons. The molecule has 0 spiro atoms. The number of halogens is 3. The summed E-state index contributed by atoms with van der Waals surface area (Å²) in [6, 6.07) is -2.17. The lowest BCUT2D eigenvalue weighted by atomic mass is 11.7. The van der Waals surface area contributed by atoms with Crippen molar-refractivity contribution >= 4 is 23.4 Å². The van der Waals surface area contributed by atoms with Crippen LogP contribution in [0.2, 0.25) is 0 Å². The van der Waals surface area contributed by atoms with E-state index in [9.17, 15) is 8.78 Å². The summed E-state index contributed by atoms with van der Waals surface area (Å²) in [5, 5.41) is 0. The molecule has 0 N–H and O–H groups in total. The monoisotopic (exact) mass is 158 g/mol. The summed E-state index contributed by atoms with van der Waals surface area (Å²) < 4.78 is 21.5. The summed E-state index contributed by atoms with van der Waals surface area (Å²) in [7, 11) is -0.407. The molecule has 0 saturated heterocycles. The summed E-state index contributed by atoms with van der Waals surface area (Å²) in [4.78, 5) is 0. The molecular weight excluding hydrogens is 158 g/mol. The van der Waals surface area contributed by atoms with Gasteiger partial charge < -0.3 is 0 Å². The lowest BCUT2D eigenvalue weighted by Gasteiger charge is -1.77. The van der Waals surface area contributed by atoms with E-state index in [1.807, 2.05) is 0 Å². The van der Waals surface area contributed by atoms with Gasteiger partial charge in [-0.15, -0.1) is 15.3 Å². The molecule has 0 unspecified atom stereocenters. The molecule has 0 aromatic heterocycles. The summed E-state index contributed by atoms with van der Waals surface area (Å²) in [6.07, 6.45) is 0. The smallest absolute Gasteiger partial charge is 0.215 e. The highest BCUT2D eigenvalue weighted by atomic mass is 79.9. The quantitative estimate of drug-likeness (QED) is 0.398. The molecule has 0 rings (SSSR count). The van der Waals surface area contributed by atoms with Crippen LogP contribution < -0.4 is 0 Å². The van der Waals surface area contributed by atoms with E-state index in [0.29, 0.717) is 0 Å². The number of hydrogen-bond acceptors (Lipinski definition) is 0. The Morgan fingerprint density at radius 3 is 1.80 bits per heavy atom. The van der Waals surface area contributed by atoms with Gasteiger partial charge in [0.25, 0.3) is 0 Å². The first-order valence-corrected chi connectivity index (χ1v) is 4.25. The summed E-state index contributed by atoms with van der Waals surface area (Å²) in [5.41, 5.74) is 0.